The van der Waals surface area contributed by atoms with Gasteiger partial charge in [-0.1, -0.05) is 70.2 Å². The van der Waals surface area contributed by atoms with Crippen LogP contribution < -0.4 is 0 Å². The molecule has 0 unspecified atom stereocenters. The molecule has 3 heterocycles. The van der Waals surface area contributed by atoms with Crippen LogP contribution in [0, 0.1) is 0 Å². The second kappa shape index (κ2) is 6.80. The lowest BCUT2D eigenvalue weighted by molar-refractivity contribution is 0.619. The zero-order chi connectivity index (χ0) is 23.2. The molecule has 0 N–H and O–H groups in total. The highest BCUT2D eigenvalue weighted by Gasteiger charge is 2.42. The molecule has 1 aliphatic carbocycles. The summed E-state index contributed by atoms with van der Waals surface area (Å²) in [6, 6.07) is 24.1. The fourth-order valence-corrected chi connectivity index (χ4v) is 6.85. The SMILES string of the molecule is CC(C)c1ccc2sc3cnc(-c4cccc5c4C(C)(C)c4c-5oc5ccccc45)cc3c2c1. The predicted molar refractivity (Wildman–Crippen MR) is 144 cm³/mol. The summed E-state index contributed by atoms with van der Waals surface area (Å²) in [5, 5.41) is 3.83. The number of benzene rings is 3. The Morgan fingerprint density at radius 3 is 2.44 bits per heavy atom. The Kier molecular flexibility index (Phi) is 4.00. The first-order chi connectivity index (χ1) is 16.4. The highest BCUT2D eigenvalue weighted by atomic mass is 32.1. The summed E-state index contributed by atoms with van der Waals surface area (Å²) >= 11 is 1.83. The van der Waals surface area contributed by atoms with Crippen molar-refractivity contribution in [3.63, 3.8) is 0 Å². The van der Waals surface area contributed by atoms with Gasteiger partial charge in [-0.25, -0.2) is 0 Å². The highest BCUT2D eigenvalue weighted by molar-refractivity contribution is 7.25. The van der Waals surface area contributed by atoms with Gasteiger partial charge in [-0.3, -0.25) is 4.98 Å². The summed E-state index contributed by atoms with van der Waals surface area (Å²) in [5.74, 6) is 1.52. The van der Waals surface area contributed by atoms with Crippen molar-refractivity contribution in [1.82, 2.24) is 4.98 Å². The number of hydrogen-bond acceptors (Lipinski definition) is 3. The molecule has 3 aromatic heterocycles. The first-order valence-corrected chi connectivity index (χ1v) is 12.7. The number of hydrogen-bond donors (Lipinski definition) is 0. The fourth-order valence-electron chi connectivity index (χ4n) is 5.82. The van der Waals surface area contributed by atoms with Crippen LogP contribution in [0.25, 0.3) is 53.7 Å². The van der Waals surface area contributed by atoms with Gasteiger partial charge in [-0.05, 0) is 41.3 Å². The first-order valence-electron chi connectivity index (χ1n) is 11.9. The van der Waals surface area contributed by atoms with Crippen LogP contribution in [0.2, 0.25) is 0 Å². The van der Waals surface area contributed by atoms with Crippen LogP contribution in [0.3, 0.4) is 0 Å². The lowest BCUT2D eigenvalue weighted by atomic mass is 9.78. The van der Waals surface area contributed by atoms with Crippen molar-refractivity contribution in [2.75, 3.05) is 0 Å². The third kappa shape index (κ3) is 2.59. The van der Waals surface area contributed by atoms with Crippen molar-refractivity contribution in [3.8, 4) is 22.6 Å². The number of fused-ring (bicyclic) bond motifs is 8. The summed E-state index contributed by atoms with van der Waals surface area (Å²) in [5.41, 5.74) is 8.17. The molecule has 0 amide bonds. The minimum Gasteiger partial charge on any atom is -0.456 e. The largest absolute Gasteiger partial charge is 0.456 e. The van der Waals surface area contributed by atoms with Crippen LogP contribution in [-0.2, 0) is 5.41 Å². The van der Waals surface area contributed by atoms with Gasteiger partial charge in [0.1, 0.15) is 11.3 Å². The second-order valence-corrected chi connectivity index (χ2v) is 11.3. The van der Waals surface area contributed by atoms with E-state index in [9.17, 15) is 0 Å². The molecule has 0 aliphatic heterocycles. The monoisotopic (exact) mass is 459 g/mol. The smallest absolute Gasteiger partial charge is 0.139 e. The van der Waals surface area contributed by atoms with E-state index >= 15 is 0 Å². The Hall–Kier alpha value is -3.43. The van der Waals surface area contributed by atoms with E-state index < -0.39 is 0 Å². The van der Waals surface area contributed by atoms with Crippen molar-refractivity contribution < 1.29 is 4.42 Å². The molecule has 0 saturated carbocycles. The van der Waals surface area contributed by atoms with Gasteiger partial charge >= 0.3 is 0 Å². The molecule has 0 saturated heterocycles. The standard InChI is InChI=1S/C31H25NOS/c1-17(2)18-12-13-26-22(14-18)23-15-24(32-16-27(23)34-26)19-9-7-10-21-28(19)31(3,4)29-20-8-5-6-11-25(20)33-30(21)29/h5-17H,1-4H3. The van der Waals surface area contributed by atoms with Gasteiger partial charge in [0.05, 0.1) is 10.4 Å². The Labute approximate surface area is 202 Å². The summed E-state index contributed by atoms with van der Waals surface area (Å²) in [4.78, 5) is 4.96. The number of aromatic nitrogens is 1. The van der Waals surface area contributed by atoms with E-state index in [-0.39, 0.29) is 5.41 Å². The van der Waals surface area contributed by atoms with Gasteiger partial charge in [0, 0.05) is 49.2 Å². The van der Waals surface area contributed by atoms with Crippen molar-refractivity contribution >= 4 is 42.5 Å². The molecule has 166 valence electrons. The number of pyridine rings is 1. The molecule has 0 atom stereocenters. The first kappa shape index (κ1) is 20.0. The second-order valence-electron chi connectivity index (χ2n) is 10.2. The topological polar surface area (TPSA) is 26.0 Å². The van der Waals surface area contributed by atoms with Crippen LogP contribution in [0.4, 0.5) is 0 Å². The van der Waals surface area contributed by atoms with Gasteiger partial charge in [0.2, 0.25) is 0 Å². The van der Waals surface area contributed by atoms with Crippen LogP contribution in [0.5, 0.6) is 0 Å². The molecule has 0 radical (unpaired) electrons. The number of thiophene rings is 1. The lowest BCUT2D eigenvalue weighted by Gasteiger charge is -2.24. The third-order valence-corrected chi connectivity index (χ3v) is 8.60. The van der Waals surface area contributed by atoms with Crippen molar-refractivity contribution in [3.05, 3.63) is 89.6 Å². The molecule has 34 heavy (non-hydrogen) atoms. The van der Waals surface area contributed by atoms with Crippen molar-refractivity contribution in [2.45, 2.75) is 39.0 Å². The minimum atomic E-state index is -0.175. The van der Waals surface area contributed by atoms with Gasteiger partial charge < -0.3 is 4.42 Å². The Balaban J connectivity index is 1.48. The molecular formula is C31H25NOS. The lowest BCUT2D eigenvalue weighted by Crippen LogP contribution is -2.16. The van der Waals surface area contributed by atoms with E-state index in [0.29, 0.717) is 5.92 Å². The number of para-hydroxylation sites is 1. The molecule has 3 aromatic carbocycles. The normalized spacial score (nSPS) is 14.4. The molecule has 3 heteroatoms. The molecule has 6 aromatic rings. The third-order valence-electron chi connectivity index (χ3n) is 7.48. The van der Waals surface area contributed by atoms with E-state index in [1.54, 1.807) is 0 Å². The van der Waals surface area contributed by atoms with Crippen LogP contribution >= 0.6 is 11.3 Å². The summed E-state index contributed by atoms with van der Waals surface area (Å²) < 4.78 is 8.96. The zero-order valence-electron chi connectivity index (χ0n) is 19.8. The molecule has 0 fully saturated rings. The Morgan fingerprint density at radius 2 is 1.59 bits per heavy atom. The number of furan rings is 1. The van der Waals surface area contributed by atoms with E-state index in [1.165, 1.54) is 53.4 Å². The van der Waals surface area contributed by atoms with Crippen molar-refractivity contribution in [1.29, 1.82) is 0 Å². The maximum absolute atomic E-state index is 6.40. The van der Waals surface area contributed by atoms with Crippen LogP contribution in [-0.4, -0.2) is 4.98 Å². The Bertz CT molecular complexity index is 1770. The molecule has 0 spiro atoms. The van der Waals surface area contributed by atoms with Crippen LogP contribution in [0.15, 0.2) is 77.3 Å². The molecule has 0 bridgehead atoms. The van der Waals surface area contributed by atoms with Gasteiger partial charge in [0.15, 0.2) is 0 Å². The molecule has 2 nitrogen and oxygen atoms in total. The Morgan fingerprint density at radius 1 is 0.794 bits per heavy atom. The zero-order valence-corrected chi connectivity index (χ0v) is 20.6. The number of nitrogens with zero attached hydrogens (tertiary/aromatic N) is 1. The maximum Gasteiger partial charge on any atom is 0.139 e. The fraction of sp³-hybridized carbons (Fsp3) is 0.194. The highest BCUT2D eigenvalue weighted by Crippen LogP contribution is 2.55. The molecule has 7 rings (SSSR count). The molecular weight excluding hydrogens is 434 g/mol. The summed E-state index contributed by atoms with van der Waals surface area (Å²) in [7, 11) is 0. The van der Waals surface area contributed by atoms with E-state index in [1.807, 2.05) is 17.4 Å². The average Bonchev–Trinajstić information content (AvgIpc) is 3.47. The van der Waals surface area contributed by atoms with Gasteiger partial charge in [-0.2, -0.15) is 0 Å². The minimum absolute atomic E-state index is 0.175. The molecule has 1 aliphatic rings. The van der Waals surface area contributed by atoms with Crippen LogP contribution in [0.1, 0.15) is 50.3 Å². The quantitative estimate of drug-likeness (QED) is 0.258. The maximum atomic E-state index is 6.40. The summed E-state index contributed by atoms with van der Waals surface area (Å²) in [6.45, 7) is 9.14. The van der Waals surface area contributed by atoms with Gasteiger partial charge in [0.25, 0.3) is 0 Å². The van der Waals surface area contributed by atoms with Gasteiger partial charge in [-0.15, -0.1) is 11.3 Å². The predicted octanol–water partition coefficient (Wildman–Crippen LogP) is 9.29. The number of rotatable bonds is 2. The summed E-state index contributed by atoms with van der Waals surface area (Å²) in [6.07, 6.45) is 2.05. The van der Waals surface area contributed by atoms with E-state index in [4.69, 9.17) is 9.40 Å². The average molecular weight is 460 g/mol. The van der Waals surface area contributed by atoms with E-state index in [0.717, 1.165) is 17.0 Å². The van der Waals surface area contributed by atoms with E-state index in [2.05, 4.69) is 94.6 Å². The van der Waals surface area contributed by atoms with Crippen molar-refractivity contribution in [2.24, 2.45) is 0 Å².